The quantitative estimate of drug-likeness (QED) is 0.301. The summed E-state index contributed by atoms with van der Waals surface area (Å²) >= 11 is 1.40. The van der Waals surface area contributed by atoms with Crippen molar-refractivity contribution in [2.24, 2.45) is 0 Å². The summed E-state index contributed by atoms with van der Waals surface area (Å²) in [5, 5.41) is 10.1. The number of aromatic amines is 1. The summed E-state index contributed by atoms with van der Waals surface area (Å²) in [5.74, 6) is 0.409. The van der Waals surface area contributed by atoms with Gasteiger partial charge in [0, 0.05) is 54.4 Å². The van der Waals surface area contributed by atoms with Crippen molar-refractivity contribution < 1.29 is 13.9 Å². The van der Waals surface area contributed by atoms with Gasteiger partial charge in [0.15, 0.2) is 16.8 Å². The van der Waals surface area contributed by atoms with E-state index in [9.17, 15) is 9.18 Å². The second-order valence-electron chi connectivity index (χ2n) is 8.29. The van der Waals surface area contributed by atoms with Gasteiger partial charge in [0.2, 0.25) is 0 Å². The van der Waals surface area contributed by atoms with Crippen LogP contribution in [0.5, 0.6) is 0 Å². The number of rotatable bonds is 8. The number of H-pyrrole nitrogens is 1. The first kappa shape index (κ1) is 22.8. The van der Waals surface area contributed by atoms with E-state index in [4.69, 9.17) is 4.74 Å². The van der Waals surface area contributed by atoms with Crippen LogP contribution in [0.1, 0.15) is 17.3 Å². The lowest BCUT2D eigenvalue weighted by Crippen LogP contribution is -2.38. The molecule has 0 amide bonds. The number of ether oxygens (including phenoxy) is 1. The number of nitrogens with zero attached hydrogens (tertiary/aromatic N) is 4. The molecule has 5 rings (SSSR count). The highest BCUT2D eigenvalue weighted by Gasteiger charge is 2.24. The molecule has 2 aromatic heterocycles. The van der Waals surface area contributed by atoms with Crippen molar-refractivity contribution in [1.29, 1.82) is 0 Å². The maximum atomic E-state index is 13.5. The van der Waals surface area contributed by atoms with Crippen LogP contribution in [0.25, 0.3) is 22.3 Å². The number of morpholine rings is 1. The van der Waals surface area contributed by atoms with Gasteiger partial charge in [0.25, 0.3) is 0 Å². The first-order valence-electron chi connectivity index (χ1n) is 11.4. The van der Waals surface area contributed by atoms with Gasteiger partial charge in [0.05, 0.1) is 18.5 Å². The molecule has 1 aliphatic rings. The highest BCUT2D eigenvalue weighted by Crippen LogP contribution is 2.30. The number of thioether (sulfide) groups is 1. The van der Waals surface area contributed by atoms with Gasteiger partial charge < -0.3 is 14.3 Å². The zero-order chi connectivity index (χ0) is 23.5. The normalized spacial score (nSPS) is 15.6. The van der Waals surface area contributed by atoms with E-state index in [-0.39, 0.29) is 16.9 Å². The van der Waals surface area contributed by atoms with Crippen LogP contribution in [0.4, 0.5) is 4.39 Å². The van der Waals surface area contributed by atoms with E-state index in [0.717, 1.165) is 49.3 Å². The lowest BCUT2D eigenvalue weighted by molar-refractivity contribution is 0.0361. The summed E-state index contributed by atoms with van der Waals surface area (Å²) in [4.78, 5) is 18.8. The summed E-state index contributed by atoms with van der Waals surface area (Å²) in [6.07, 6.45) is 1.77. The van der Waals surface area contributed by atoms with Crippen LogP contribution in [0.15, 0.2) is 59.9 Å². The Morgan fingerprint density at radius 2 is 1.88 bits per heavy atom. The Bertz CT molecular complexity index is 1280. The van der Waals surface area contributed by atoms with Crippen molar-refractivity contribution in [3.8, 4) is 11.4 Å². The number of benzene rings is 2. The molecule has 176 valence electrons. The summed E-state index contributed by atoms with van der Waals surface area (Å²) in [6, 6.07) is 14.0. The Hall–Kier alpha value is -3.01. The molecule has 9 heteroatoms. The van der Waals surface area contributed by atoms with E-state index in [2.05, 4.69) is 20.1 Å². The van der Waals surface area contributed by atoms with E-state index >= 15 is 0 Å². The molecule has 1 aliphatic heterocycles. The molecule has 3 heterocycles. The van der Waals surface area contributed by atoms with Crippen LogP contribution < -0.4 is 0 Å². The number of carbonyl (C=O) groups excluding carboxylic acids is 1. The number of para-hydroxylation sites is 1. The Morgan fingerprint density at radius 1 is 1.12 bits per heavy atom. The molecule has 0 spiro atoms. The molecule has 1 atom stereocenters. The average molecular weight is 480 g/mol. The van der Waals surface area contributed by atoms with Crippen molar-refractivity contribution in [2.45, 2.75) is 23.9 Å². The molecule has 0 bridgehead atoms. The first-order chi connectivity index (χ1) is 16.6. The van der Waals surface area contributed by atoms with Gasteiger partial charge in [0.1, 0.15) is 5.82 Å². The number of Topliss-reactive ketones (excluding diaryl/α,β-unsaturated/α-hetero) is 1. The third-order valence-electron chi connectivity index (χ3n) is 6.07. The molecular formula is C25H26FN5O2S. The number of aromatic nitrogens is 4. The Kier molecular flexibility index (Phi) is 6.75. The topological polar surface area (TPSA) is 76.0 Å². The molecule has 34 heavy (non-hydrogen) atoms. The molecule has 1 N–H and O–H groups in total. The molecule has 0 saturated carbocycles. The van der Waals surface area contributed by atoms with Gasteiger partial charge >= 0.3 is 0 Å². The molecule has 7 nitrogen and oxygen atoms in total. The fourth-order valence-corrected chi connectivity index (χ4v) is 5.11. The Morgan fingerprint density at radius 3 is 2.68 bits per heavy atom. The molecule has 0 aliphatic carbocycles. The number of carbonyl (C=O) groups is 1. The lowest BCUT2D eigenvalue weighted by atomic mass is 10.1. The monoisotopic (exact) mass is 479 g/mol. The molecule has 4 aromatic rings. The fourth-order valence-electron chi connectivity index (χ4n) is 4.16. The minimum atomic E-state index is -0.355. The Labute approximate surface area is 201 Å². The standard InChI is InChI=1S/C25H26FN5O2S/c1-17(23(32)21-16-27-22-5-3-2-4-20(21)22)34-25-29-28-24(18-6-8-19(26)9-7-18)31(25)11-10-30-12-14-33-15-13-30/h2-9,16-17,27H,10-15H2,1H3. The average Bonchev–Trinajstić information content (AvgIpc) is 3.47. The number of hydrogen-bond acceptors (Lipinski definition) is 6. The Balaban J connectivity index is 1.40. The van der Waals surface area contributed by atoms with Crippen LogP contribution in [0.3, 0.4) is 0 Å². The van der Waals surface area contributed by atoms with E-state index in [0.29, 0.717) is 23.1 Å². The van der Waals surface area contributed by atoms with Crippen LogP contribution in [0.2, 0.25) is 0 Å². The number of ketones is 1. The number of fused-ring (bicyclic) bond motifs is 1. The molecule has 2 aromatic carbocycles. The summed E-state index contributed by atoms with van der Waals surface area (Å²) in [5.41, 5.74) is 2.40. The SMILES string of the molecule is CC(Sc1nnc(-c2ccc(F)cc2)n1CCN1CCOCC1)C(=O)c1c[nH]c2ccccc12. The smallest absolute Gasteiger partial charge is 0.192 e. The molecule has 1 saturated heterocycles. The van der Waals surface area contributed by atoms with Gasteiger partial charge in [-0.2, -0.15) is 0 Å². The van der Waals surface area contributed by atoms with Gasteiger partial charge in [-0.1, -0.05) is 30.0 Å². The highest BCUT2D eigenvalue weighted by atomic mass is 32.2. The molecule has 0 radical (unpaired) electrons. The maximum absolute atomic E-state index is 13.5. The third kappa shape index (κ3) is 4.77. The van der Waals surface area contributed by atoms with E-state index in [1.165, 1.54) is 23.9 Å². The third-order valence-corrected chi connectivity index (χ3v) is 7.15. The summed E-state index contributed by atoms with van der Waals surface area (Å²) in [6.45, 7) is 6.59. The van der Waals surface area contributed by atoms with Gasteiger partial charge in [-0.25, -0.2) is 4.39 Å². The van der Waals surface area contributed by atoms with Crippen molar-refractivity contribution in [2.75, 3.05) is 32.8 Å². The van der Waals surface area contributed by atoms with Crippen molar-refractivity contribution in [1.82, 2.24) is 24.6 Å². The minimum Gasteiger partial charge on any atom is -0.379 e. The van der Waals surface area contributed by atoms with Crippen molar-refractivity contribution in [3.05, 3.63) is 66.1 Å². The summed E-state index contributed by atoms with van der Waals surface area (Å²) < 4.78 is 21.0. The zero-order valence-electron chi connectivity index (χ0n) is 18.9. The minimum absolute atomic E-state index is 0.0357. The summed E-state index contributed by atoms with van der Waals surface area (Å²) in [7, 11) is 0. The van der Waals surface area contributed by atoms with E-state index in [1.54, 1.807) is 18.3 Å². The second-order valence-corrected chi connectivity index (χ2v) is 9.60. The fraction of sp³-hybridized carbons (Fsp3) is 0.320. The predicted molar refractivity (Wildman–Crippen MR) is 131 cm³/mol. The second kappa shape index (κ2) is 10.1. The first-order valence-corrected chi connectivity index (χ1v) is 12.2. The highest BCUT2D eigenvalue weighted by molar-refractivity contribution is 8.00. The molecule has 1 unspecified atom stereocenters. The number of nitrogens with one attached hydrogen (secondary N) is 1. The molecular weight excluding hydrogens is 453 g/mol. The predicted octanol–water partition coefficient (Wildman–Crippen LogP) is 4.26. The van der Waals surface area contributed by atoms with Crippen LogP contribution in [0, 0.1) is 5.82 Å². The van der Waals surface area contributed by atoms with Crippen LogP contribution >= 0.6 is 11.8 Å². The number of hydrogen-bond donors (Lipinski definition) is 1. The van der Waals surface area contributed by atoms with Gasteiger partial charge in [-0.3, -0.25) is 9.69 Å². The van der Waals surface area contributed by atoms with E-state index < -0.39 is 0 Å². The maximum Gasteiger partial charge on any atom is 0.192 e. The lowest BCUT2D eigenvalue weighted by Gasteiger charge is -2.27. The number of halogens is 1. The van der Waals surface area contributed by atoms with Crippen molar-refractivity contribution in [3.63, 3.8) is 0 Å². The zero-order valence-corrected chi connectivity index (χ0v) is 19.7. The largest absolute Gasteiger partial charge is 0.379 e. The van der Waals surface area contributed by atoms with Crippen LogP contribution in [-0.2, 0) is 11.3 Å². The van der Waals surface area contributed by atoms with Gasteiger partial charge in [-0.05, 0) is 37.3 Å². The van der Waals surface area contributed by atoms with Crippen molar-refractivity contribution >= 4 is 28.4 Å². The van der Waals surface area contributed by atoms with E-state index in [1.807, 2.05) is 35.8 Å². The van der Waals surface area contributed by atoms with Gasteiger partial charge in [-0.15, -0.1) is 10.2 Å². The molecule has 1 fully saturated rings. The van der Waals surface area contributed by atoms with Crippen LogP contribution in [-0.4, -0.2) is 68.5 Å².